The second-order valence-corrected chi connectivity index (χ2v) is 8.92. The van der Waals surface area contributed by atoms with Gasteiger partial charge in [0, 0.05) is 6.42 Å². The molecule has 0 bridgehead atoms. The Morgan fingerprint density at radius 2 is 2.08 bits per heavy atom. The average molecular weight is 184 g/mol. The van der Waals surface area contributed by atoms with Crippen LogP contribution in [0.5, 0.6) is 0 Å². The molecule has 1 aliphatic heterocycles. The first kappa shape index (κ1) is 9.78. The molecule has 2 nitrogen and oxygen atoms in total. The first-order valence-corrected chi connectivity index (χ1v) is 7.81. The Hall–Kier alpha value is -0.303. The molecule has 0 saturated carbocycles. The van der Waals surface area contributed by atoms with Gasteiger partial charge in [-0.1, -0.05) is 25.6 Å². The van der Waals surface area contributed by atoms with E-state index in [0.717, 1.165) is 6.42 Å². The van der Waals surface area contributed by atoms with Crippen molar-refractivity contribution in [3.63, 3.8) is 0 Å². The van der Waals surface area contributed by atoms with Crippen molar-refractivity contribution in [3.8, 4) is 11.5 Å². The number of rotatable bonds is 0. The maximum Gasteiger partial charge on any atom is 0.143 e. The fourth-order valence-corrected chi connectivity index (χ4v) is 1.58. The largest absolute Gasteiger partial charge is 0.389 e. The van der Waals surface area contributed by atoms with Crippen molar-refractivity contribution in [1.82, 2.24) is 0 Å². The van der Waals surface area contributed by atoms with E-state index in [4.69, 9.17) is 4.74 Å². The standard InChI is InChI=1S/C9H16O2Si/c1-12(2,3)7-5-9-8(10)4-6-11-9/h8-10H,4,6H2,1-3H3/t8-,9+/m1/s1. The van der Waals surface area contributed by atoms with Crippen molar-refractivity contribution in [3.05, 3.63) is 0 Å². The molecule has 0 aromatic rings. The van der Waals surface area contributed by atoms with E-state index in [0.29, 0.717) is 6.61 Å². The van der Waals surface area contributed by atoms with Gasteiger partial charge in [-0.3, -0.25) is 0 Å². The molecule has 1 N–H and O–H groups in total. The lowest BCUT2D eigenvalue weighted by Gasteiger charge is -2.08. The fourth-order valence-electron chi connectivity index (χ4n) is 1.00. The number of aliphatic hydroxyl groups is 1. The van der Waals surface area contributed by atoms with E-state index in [2.05, 4.69) is 31.1 Å². The highest BCUT2D eigenvalue weighted by molar-refractivity contribution is 6.83. The van der Waals surface area contributed by atoms with Crippen molar-refractivity contribution in [2.24, 2.45) is 0 Å². The van der Waals surface area contributed by atoms with Gasteiger partial charge in [-0.2, -0.15) is 0 Å². The van der Waals surface area contributed by atoms with Crippen LogP contribution in [0.4, 0.5) is 0 Å². The summed E-state index contributed by atoms with van der Waals surface area (Å²) in [5.74, 6) is 3.01. The van der Waals surface area contributed by atoms with Gasteiger partial charge in [0.15, 0.2) is 0 Å². The molecular formula is C9H16O2Si. The predicted octanol–water partition coefficient (Wildman–Crippen LogP) is 1.02. The molecule has 1 rings (SSSR count). The van der Waals surface area contributed by atoms with E-state index in [1.165, 1.54) is 0 Å². The van der Waals surface area contributed by atoms with Gasteiger partial charge in [-0.05, 0) is 0 Å². The molecule has 0 unspecified atom stereocenters. The van der Waals surface area contributed by atoms with Crippen molar-refractivity contribution in [2.75, 3.05) is 6.61 Å². The Kier molecular flexibility index (Phi) is 2.94. The molecule has 0 radical (unpaired) electrons. The Morgan fingerprint density at radius 3 is 2.50 bits per heavy atom. The Bertz CT molecular complexity index is 209. The van der Waals surface area contributed by atoms with Gasteiger partial charge in [-0.25, -0.2) is 0 Å². The summed E-state index contributed by atoms with van der Waals surface area (Å²) < 4.78 is 5.26. The zero-order chi connectivity index (χ0) is 9.19. The minimum absolute atomic E-state index is 0.225. The Morgan fingerprint density at radius 1 is 1.42 bits per heavy atom. The molecule has 1 heterocycles. The Balaban J connectivity index is 2.53. The lowest BCUT2D eigenvalue weighted by Crippen LogP contribution is -2.22. The van der Waals surface area contributed by atoms with E-state index in [1.54, 1.807) is 0 Å². The van der Waals surface area contributed by atoms with Crippen molar-refractivity contribution >= 4 is 8.07 Å². The monoisotopic (exact) mass is 184 g/mol. The lowest BCUT2D eigenvalue weighted by atomic mass is 10.2. The minimum atomic E-state index is -1.31. The number of aliphatic hydroxyl groups excluding tert-OH is 1. The van der Waals surface area contributed by atoms with Crippen LogP contribution in [0.25, 0.3) is 0 Å². The molecule has 1 aliphatic rings. The van der Waals surface area contributed by atoms with Gasteiger partial charge < -0.3 is 9.84 Å². The van der Waals surface area contributed by atoms with Crippen LogP contribution in [0.2, 0.25) is 19.6 Å². The molecule has 12 heavy (non-hydrogen) atoms. The maximum atomic E-state index is 9.37. The third-order valence-corrected chi connectivity index (χ3v) is 2.54. The maximum absolute atomic E-state index is 9.37. The summed E-state index contributed by atoms with van der Waals surface area (Å²) >= 11 is 0. The molecule has 0 spiro atoms. The zero-order valence-electron chi connectivity index (χ0n) is 7.92. The van der Waals surface area contributed by atoms with Crippen LogP contribution in [0, 0.1) is 11.5 Å². The molecule has 3 heteroatoms. The third-order valence-electron chi connectivity index (χ3n) is 1.65. The summed E-state index contributed by atoms with van der Waals surface area (Å²) in [5.41, 5.74) is 3.20. The smallest absolute Gasteiger partial charge is 0.143 e. The van der Waals surface area contributed by atoms with Crippen molar-refractivity contribution < 1.29 is 9.84 Å². The topological polar surface area (TPSA) is 29.5 Å². The number of hydrogen-bond acceptors (Lipinski definition) is 2. The molecule has 0 aromatic carbocycles. The quantitative estimate of drug-likeness (QED) is 0.450. The van der Waals surface area contributed by atoms with Crippen LogP contribution in [-0.4, -0.2) is 32.0 Å². The highest BCUT2D eigenvalue weighted by atomic mass is 28.3. The molecule has 0 aliphatic carbocycles. The molecule has 1 fully saturated rings. The van der Waals surface area contributed by atoms with Crippen LogP contribution in [0.3, 0.4) is 0 Å². The summed E-state index contributed by atoms with van der Waals surface area (Å²) in [6.45, 7) is 7.19. The summed E-state index contributed by atoms with van der Waals surface area (Å²) in [6, 6.07) is 0. The average Bonchev–Trinajstić information content (AvgIpc) is 2.29. The summed E-state index contributed by atoms with van der Waals surface area (Å²) in [6.07, 6.45) is 0.135. The first-order valence-electron chi connectivity index (χ1n) is 4.31. The first-order chi connectivity index (χ1) is 5.49. The Labute approximate surface area is 74.9 Å². The second-order valence-electron chi connectivity index (χ2n) is 4.17. The summed E-state index contributed by atoms with van der Waals surface area (Å²) in [5, 5.41) is 9.37. The molecule has 0 aromatic heterocycles. The normalized spacial score (nSPS) is 29.7. The minimum Gasteiger partial charge on any atom is -0.389 e. The van der Waals surface area contributed by atoms with E-state index in [9.17, 15) is 5.11 Å². The van der Waals surface area contributed by atoms with E-state index >= 15 is 0 Å². The number of hydrogen-bond donors (Lipinski definition) is 1. The molecule has 0 amide bonds. The molecular weight excluding hydrogens is 168 g/mol. The molecule has 1 saturated heterocycles. The van der Waals surface area contributed by atoms with Gasteiger partial charge in [-0.15, -0.1) is 5.54 Å². The van der Waals surface area contributed by atoms with Crippen LogP contribution < -0.4 is 0 Å². The molecule has 2 atom stereocenters. The van der Waals surface area contributed by atoms with Crippen LogP contribution in [-0.2, 0) is 4.74 Å². The van der Waals surface area contributed by atoms with E-state index in [1.807, 2.05) is 0 Å². The van der Waals surface area contributed by atoms with Gasteiger partial charge in [0.2, 0.25) is 0 Å². The van der Waals surface area contributed by atoms with E-state index in [-0.39, 0.29) is 12.2 Å². The fraction of sp³-hybridized carbons (Fsp3) is 0.778. The zero-order valence-corrected chi connectivity index (χ0v) is 8.92. The van der Waals surface area contributed by atoms with Gasteiger partial charge >= 0.3 is 0 Å². The van der Waals surface area contributed by atoms with Gasteiger partial charge in [0.25, 0.3) is 0 Å². The van der Waals surface area contributed by atoms with Crippen molar-refractivity contribution in [1.29, 1.82) is 0 Å². The highest BCUT2D eigenvalue weighted by Crippen LogP contribution is 2.12. The van der Waals surface area contributed by atoms with E-state index < -0.39 is 8.07 Å². The van der Waals surface area contributed by atoms with Gasteiger partial charge in [0.1, 0.15) is 14.2 Å². The van der Waals surface area contributed by atoms with Crippen LogP contribution >= 0.6 is 0 Å². The SMILES string of the molecule is C[Si](C)(C)C#C[C@@H]1OCC[C@H]1O. The molecule has 68 valence electrons. The predicted molar refractivity (Wildman–Crippen MR) is 51.5 cm³/mol. The van der Waals surface area contributed by atoms with Crippen LogP contribution in [0.15, 0.2) is 0 Å². The summed E-state index contributed by atoms with van der Waals surface area (Å²) in [4.78, 5) is 0. The third kappa shape index (κ3) is 2.98. The lowest BCUT2D eigenvalue weighted by molar-refractivity contribution is 0.0812. The van der Waals surface area contributed by atoms with Crippen molar-refractivity contribution in [2.45, 2.75) is 38.3 Å². The highest BCUT2D eigenvalue weighted by Gasteiger charge is 2.24. The van der Waals surface area contributed by atoms with Gasteiger partial charge in [0.05, 0.1) is 12.7 Å². The van der Waals surface area contributed by atoms with Crippen LogP contribution in [0.1, 0.15) is 6.42 Å². The number of ether oxygens (including phenoxy) is 1. The summed E-state index contributed by atoms with van der Waals surface area (Å²) in [7, 11) is -1.31. The second kappa shape index (κ2) is 3.61.